The molecular weight excluding hydrogens is 458 g/mol. The third kappa shape index (κ3) is 5.64. The number of likely N-dealkylation sites (tertiary alicyclic amines) is 1. The average Bonchev–Trinajstić information content (AvgIpc) is 3.15. The zero-order valence-electron chi connectivity index (χ0n) is 18.1. The lowest BCUT2D eigenvalue weighted by Gasteiger charge is -2.16. The number of amides is 1. The number of carbonyl (C=O) groups is 2. The fraction of sp³-hybridized carbons (Fsp3) is 0.240. The van der Waals surface area contributed by atoms with Crippen LogP contribution in [0.4, 0.5) is 8.78 Å². The van der Waals surface area contributed by atoms with Crippen molar-refractivity contribution in [3.8, 4) is 0 Å². The van der Waals surface area contributed by atoms with Gasteiger partial charge in [-0.05, 0) is 35.4 Å². The van der Waals surface area contributed by atoms with Crippen LogP contribution in [0.15, 0.2) is 55.0 Å². The fourth-order valence-corrected chi connectivity index (χ4v) is 3.84. The van der Waals surface area contributed by atoms with E-state index in [0.717, 1.165) is 16.0 Å². The van der Waals surface area contributed by atoms with Crippen molar-refractivity contribution in [2.24, 2.45) is 0 Å². The van der Waals surface area contributed by atoms with E-state index >= 15 is 0 Å². The summed E-state index contributed by atoms with van der Waals surface area (Å²) in [6, 6.07) is 10.9. The van der Waals surface area contributed by atoms with Crippen LogP contribution in [0.1, 0.15) is 40.7 Å². The molecule has 34 heavy (non-hydrogen) atoms. The standard InChI is InChI=1S/C25H20F2N4O2.H2S/c1-28-23-14-25(26,27)16-31(23)24(33)9-8-22(32)19-10-12-30-21-7-6-17(13-20(19)21)4-5-18-3-2-11-29-15-18;/h2-7,10-13,15,23H,8-9,14,16H2;1H2/b5-4+;/t23-;/m0./s1. The molecule has 1 atom stereocenters. The van der Waals surface area contributed by atoms with Gasteiger partial charge in [-0.1, -0.05) is 24.3 Å². The highest BCUT2D eigenvalue weighted by Gasteiger charge is 2.50. The number of pyridine rings is 2. The molecule has 1 amide bonds. The number of nitrogens with zero attached hydrogens (tertiary/aromatic N) is 4. The van der Waals surface area contributed by atoms with Gasteiger partial charge in [0.15, 0.2) is 5.78 Å². The summed E-state index contributed by atoms with van der Waals surface area (Å²) < 4.78 is 27.2. The lowest BCUT2D eigenvalue weighted by Crippen LogP contribution is -2.35. The average molecular weight is 481 g/mol. The Kier molecular flexibility index (Phi) is 7.74. The molecule has 6 nitrogen and oxygen atoms in total. The van der Waals surface area contributed by atoms with Crippen molar-refractivity contribution in [3.05, 3.63) is 83.1 Å². The maximum absolute atomic E-state index is 13.6. The van der Waals surface area contributed by atoms with E-state index in [4.69, 9.17) is 6.57 Å². The van der Waals surface area contributed by atoms with Crippen molar-refractivity contribution in [2.45, 2.75) is 31.4 Å². The van der Waals surface area contributed by atoms with Crippen LogP contribution in [0.2, 0.25) is 0 Å². The molecule has 0 aliphatic carbocycles. The molecule has 0 N–H and O–H groups in total. The number of aromatic nitrogens is 2. The van der Waals surface area contributed by atoms with Crippen LogP contribution in [0.3, 0.4) is 0 Å². The van der Waals surface area contributed by atoms with Gasteiger partial charge in [0, 0.05) is 42.4 Å². The monoisotopic (exact) mass is 480 g/mol. The molecule has 1 aliphatic rings. The first-order valence-electron chi connectivity index (χ1n) is 10.4. The lowest BCUT2D eigenvalue weighted by atomic mass is 10.00. The van der Waals surface area contributed by atoms with Crippen LogP contribution in [-0.2, 0) is 4.79 Å². The normalized spacial score (nSPS) is 16.9. The van der Waals surface area contributed by atoms with Gasteiger partial charge >= 0.3 is 6.17 Å². The molecule has 0 unspecified atom stereocenters. The summed E-state index contributed by atoms with van der Waals surface area (Å²) in [5, 5.41) is 0.648. The van der Waals surface area contributed by atoms with Crippen molar-refractivity contribution in [3.63, 3.8) is 0 Å². The second kappa shape index (κ2) is 10.5. The molecule has 0 spiro atoms. The van der Waals surface area contributed by atoms with E-state index in [9.17, 15) is 18.4 Å². The minimum Gasteiger partial charge on any atom is -0.294 e. The van der Waals surface area contributed by atoms with E-state index < -0.39 is 31.0 Å². The van der Waals surface area contributed by atoms with E-state index in [1.807, 2.05) is 42.5 Å². The Labute approximate surface area is 202 Å². The molecule has 1 fully saturated rings. The number of hydrogen-bond donors (Lipinski definition) is 0. The van der Waals surface area contributed by atoms with E-state index in [1.165, 1.54) is 6.20 Å². The Morgan fingerprint density at radius 2 is 1.94 bits per heavy atom. The number of fused-ring (bicyclic) bond motifs is 1. The van der Waals surface area contributed by atoms with E-state index in [1.54, 1.807) is 18.5 Å². The third-order valence-electron chi connectivity index (χ3n) is 5.50. The number of carbonyl (C=O) groups excluding carboxylic acids is 2. The maximum Gasteiger partial charge on any atom is 0.306 e. The second-order valence-electron chi connectivity index (χ2n) is 7.87. The molecule has 0 bridgehead atoms. The predicted molar refractivity (Wildman–Crippen MR) is 131 cm³/mol. The molecule has 4 rings (SSSR count). The van der Waals surface area contributed by atoms with E-state index in [0.29, 0.717) is 16.5 Å². The lowest BCUT2D eigenvalue weighted by molar-refractivity contribution is -0.132. The van der Waals surface area contributed by atoms with Gasteiger partial charge < -0.3 is 0 Å². The van der Waals surface area contributed by atoms with Gasteiger partial charge in [-0.15, -0.1) is 0 Å². The van der Waals surface area contributed by atoms with Crippen molar-refractivity contribution >= 4 is 48.2 Å². The predicted octanol–water partition coefficient (Wildman–Crippen LogP) is 4.99. The zero-order chi connectivity index (χ0) is 23.4. The Morgan fingerprint density at radius 3 is 2.68 bits per heavy atom. The summed E-state index contributed by atoms with van der Waals surface area (Å²) in [4.78, 5) is 37.7. The third-order valence-corrected chi connectivity index (χ3v) is 5.50. The molecule has 1 saturated heterocycles. The van der Waals surface area contributed by atoms with Crippen molar-refractivity contribution in [2.75, 3.05) is 6.54 Å². The van der Waals surface area contributed by atoms with Crippen LogP contribution in [0.5, 0.6) is 0 Å². The number of alkyl halides is 2. The minimum absolute atomic E-state index is 0. The molecular formula is C25H22F2N4O2S. The van der Waals surface area contributed by atoms with Crippen LogP contribution in [0, 0.1) is 6.57 Å². The van der Waals surface area contributed by atoms with Gasteiger partial charge in [-0.25, -0.2) is 15.4 Å². The number of rotatable bonds is 6. The van der Waals surface area contributed by atoms with Gasteiger partial charge in [-0.2, -0.15) is 13.5 Å². The summed E-state index contributed by atoms with van der Waals surface area (Å²) in [7, 11) is 0. The topological polar surface area (TPSA) is 67.5 Å². The number of Topliss-reactive ketones (excluding diaryl/α,β-unsaturated/α-hetero) is 1. The zero-order valence-corrected chi connectivity index (χ0v) is 19.1. The van der Waals surface area contributed by atoms with E-state index in [-0.39, 0.29) is 32.1 Å². The first-order chi connectivity index (χ1) is 15.9. The van der Waals surface area contributed by atoms with E-state index in [2.05, 4.69) is 14.8 Å². The molecule has 3 aromatic rings. The Balaban J connectivity index is 0.00000324. The summed E-state index contributed by atoms with van der Waals surface area (Å²) >= 11 is 0. The smallest absolute Gasteiger partial charge is 0.294 e. The number of ketones is 1. The van der Waals surface area contributed by atoms with Gasteiger partial charge in [-0.3, -0.25) is 29.3 Å². The summed E-state index contributed by atoms with van der Waals surface area (Å²) in [6.07, 6.45) is 6.55. The maximum atomic E-state index is 13.6. The molecule has 2 aromatic heterocycles. The quantitative estimate of drug-likeness (QED) is 0.368. The highest BCUT2D eigenvalue weighted by molar-refractivity contribution is 7.59. The second-order valence-corrected chi connectivity index (χ2v) is 7.87. The number of halogens is 2. The first-order valence-corrected chi connectivity index (χ1v) is 10.4. The number of hydrogen-bond acceptors (Lipinski definition) is 4. The molecule has 1 aliphatic heterocycles. The van der Waals surface area contributed by atoms with Crippen LogP contribution in [-0.4, -0.2) is 45.2 Å². The molecule has 9 heteroatoms. The molecule has 0 saturated carbocycles. The van der Waals surface area contributed by atoms with Crippen molar-refractivity contribution in [1.82, 2.24) is 14.9 Å². The van der Waals surface area contributed by atoms with Crippen LogP contribution < -0.4 is 0 Å². The SMILES string of the molecule is S.[C-]#[N+][C@@H]1CC(F)(F)CN1C(=O)CCC(=O)c1ccnc2ccc(/C=C/c3cccnc3)cc12. The Hall–Kier alpha value is -3.64. The summed E-state index contributed by atoms with van der Waals surface area (Å²) in [5.74, 6) is -3.97. The van der Waals surface area contributed by atoms with Gasteiger partial charge in [0.25, 0.3) is 5.92 Å². The summed E-state index contributed by atoms with van der Waals surface area (Å²) in [5.41, 5.74) is 2.85. The van der Waals surface area contributed by atoms with Crippen LogP contribution >= 0.6 is 13.5 Å². The van der Waals surface area contributed by atoms with Gasteiger partial charge in [0.2, 0.25) is 5.91 Å². The fourth-order valence-electron chi connectivity index (χ4n) is 3.84. The van der Waals surface area contributed by atoms with Gasteiger partial charge in [0.1, 0.15) is 6.42 Å². The Bertz CT molecular complexity index is 1270. The number of benzene rings is 1. The van der Waals surface area contributed by atoms with Gasteiger partial charge in [0.05, 0.1) is 12.1 Å². The highest BCUT2D eigenvalue weighted by Crippen LogP contribution is 2.33. The summed E-state index contributed by atoms with van der Waals surface area (Å²) in [6.45, 7) is 6.29. The highest BCUT2D eigenvalue weighted by atomic mass is 32.1. The van der Waals surface area contributed by atoms with Crippen molar-refractivity contribution < 1.29 is 18.4 Å². The molecule has 174 valence electrons. The van der Waals surface area contributed by atoms with Crippen LogP contribution in [0.25, 0.3) is 27.9 Å². The molecule has 3 heterocycles. The Morgan fingerprint density at radius 1 is 1.15 bits per heavy atom. The first kappa shape index (κ1) is 25.0. The minimum atomic E-state index is -3.07. The largest absolute Gasteiger partial charge is 0.306 e. The molecule has 0 radical (unpaired) electrons. The molecule has 1 aromatic carbocycles. The van der Waals surface area contributed by atoms with Crippen molar-refractivity contribution in [1.29, 1.82) is 0 Å².